The Morgan fingerprint density at radius 1 is 0.867 bits per heavy atom. The molecule has 0 rings (SSSR count). The summed E-state index contributed by atoms with van der Waals surface area (Å²) in [6, 6.07) is 0. The van der Waals surface area contributed by atoms with Gasteiger partial charge in [0.05, 0.1) is 14.2 Å². The van der Waals surface area contributed by atoms with Gasteiger partial charge >= 0.3 is 68.5 Å². The van der Waals surface area contributed by atoms with E-state index in [-0.39, 0.29) is 56.6 Å². The first kappa shape index (κ1) is 29.6. The zero-order chi connectivity index (χ0) is 10.1. The molecule has 0 spiro atoms. The Kier molecular flexibility index (Phi) is 39.8. The summed E-state index contributed by atoms with van der Waals surface area (Å²) >= 11 is 0. The smallest absolute Gasteiger partial charge is 0.907 e. The summed E-state index contributed by atoms with van der Waals surface area (Å²) in [5.74, 6) is -1.96. The van der Waals surface area contributed by atoms with Crippen molar-refractivity contribution in [3.8, 4) is 0 Å². The van der Waals surface area contributed by atoms with E-state index in [2.05, 4.69) is 9.47 Å². The van der Waals surface area contributed by atoms with E-state index in [1.807, 2.05) is 0 Å². The third kappa shape index (κ3) is 31.3. The van der Waals surface area contributed by atoms with Crippen LogP contribution in [0.15, 0.2) is 0 Å². The van der Waals surface area contributed by atoms with Gasteiger partial charge in [0.1, 0.15) is 0 Å². The first-order valence-electron chi connectivity index (χ1n) is 2.59. The molecule has 0 heterocycles. The number of rotatable bonds is 0. The van der Waals surface area contributed by atoms with E-state index in [0.717, 1.165) is 14.2 Å². The van der Waals surface area contributed by atoms with Crippen LogP contribution < -0.4 is 71.7 Å². The zero-order valence-corrected chi connectivity index (χ0v) is 9.44. The van der Waals surface area contributed by atoms with Crippen LogP contribution in [0.5, 0.6) is 0 Å². The van der Waals surface area contributed by atoms with Gasteiger partial charge in [-0.2, -0.15) is 0 Å². The molecule has 0 unspecified atom stereocenters. The first-order chi connectivity index (χ1) is 5.45. The average Bonchev–Trinajstić information content (AvgIpc) is 2.00. The molecule has 0 radical (unpaired) electrons. The quantitative estimate of drug-likeness (QED) is 0.215. The number of carbonyl (C=O) groups is 2. The topological polar surface area (TPSA) is 122 Å². The molecule has 0 N–H and O–H groups in total. The summed E-state index contributed by atoms with van der Waals surface area (Å²) in [6.45, 7) is 0. The fraction of sp³-hybridized carbons (Fsp3) is 0.500. The second-order valence-corrected chi connectivity index (χ2v) is 1.27. The van der Waals surface area contributed by atoms with Crippen molar-refractivity contribution in [3.63, 3.8) is 0 Å². The normalized spacial score (nSPS) is 5.93. The Morgan fingerprint density at radius 2 is 1.00 bits per heavy atom. The maximum atomic E-state index is 10.0. The molecule has 7 nitrogen and oxygen atoms in total. The SMILES string of the molecule is COC(=O)C(=O)OC.[Li+].[Li+].[Li+].[O-]B([O-])[O-]. The van der Waals surface area contributed by atoms with Crippen LogP contribution in [0.2, 0.25) is 0 Å². The van der Waals surface area contributed by atoms with E-state index >= 15 is 0 Å². The summed E-state index contributed by atoms with van der Waals surface area (Å²) in [6.07, 6.45) is 0. The molecular formula is C4H6BLi3O7. The first-order valence-corrected chi connectivity index (χ1v) is 2.59. The summed E-state index contributed by atoms with van der Waals surface area (Å²) in [7, 11) is -0.696. The van der Waals surface area contributed by atoms with Gasteiger partial charge in [-0.3, -0.25) is 7.32 Å². The largest absolute Gasteiger partial charge is 1.00 e. The Morgan fingerprint density at radius 3 is 1.07 bits per heavy atom. The molecule has 11 heteroatoms. The maximum Gasteiger partial charge on any atom is 1.00 e. The van der Waals surface area contributed by atoms with Crippen LogP contribution in [0.1, 0.15) is 0 Å². The van der Waals surface area contributed by atoms with Gasteiger partial charge in [-0.05, 0) is 0 Å². The van der Waals surface area contributed by atoms with Crippen molar-refractivity contribution in [1.82, 2.24) is 0 Å². The minimum Gasteiger partial charge on any atom is -0.907 e. The molecule has 70 valence electrons. The molecule has 0 atom stereocenters. The molecular weight excluding hydrogens is 192 g/mol. The van der Waals surface area contributed by atoms with Crippen molar-refractivity contribution in [2.75, 3.05) is 14.2 Å². The van der Waals surface area contributed by atoms with Gasteiger partial charge in [-0.25, -0.2) is 9.59 Å². The van der Waals surface area contributed by atoms with Crippen molar-refractivity contribution in [3.05, 3.63) is 0 Å². The van der Waals surface area contributed by atoms with Crippen LogP contribution in [-0.2, 0) is 19.1 Å². The molecule has 0 aromatic heterocycles. The van der Waals surface area contributed by atoms with Crippen LogP contribution in [-0.4, -0.2) is 33.5 Å². The van der Waals surface area contributed by atoms with Crippen LogP contribution in [0, 0.1) is 0 Å². The zero-order valence-electron chi connectivity index (χ0n) is 9.44. The van der Waals surface area contributed by atoms with Crippen LogP contribution in [0.3, 0.4) is 0 Å². The van der Waals surface area contributed by atoms with Crippen molar-refractivity contribution < 1.29 is 90.7 Å². The van der Waals surface area contributed by atoms with Gasteiger partial charge in [0.15, 0.2) is 0 Å². The van der Waals surface area contributed by atoms with Gasteiger partial charge in [-0.15, -0.1) is 0 Å². The van der Waals surface area contributed by atoms with E-state index in [0.29, 0.717) is 0 Å². The van der Waals surface area contributed by atoms with Gasteiger partial charge in [-0.1, -0.05) is 0 Å². The van der Waals surface area contributed by atoms with Crippen molar-refractivity contribution in [2.45, 2.75) is 0 Å². The van der Waals surface area contributed by atoms with Crippen LogP contribution in [0.4, 0.5) is 0 Å². The standard InChI is InChI=1S/C4H6O4.BO3.3Li/c1-7-3(5)4(6)8-2;2-1(3)4;;;/h1-2H3;;;;/q;-3;3*+1. The fourth-order valence-corrected chi connectivity index (χ4v) is 0.167. The van der Waals surface area contributed by atoms with E-state index in [1.54, 1.807) is 0 Å². The van der Waals surface area contributed by atoms with Gasteiger partial charge in [0.2, 0.25) is 0 Å². The van der Waals surface area contributed by atoms with Crippen LogP contribution in [0.25, 0.3) is 0 Å². The number of hydrogen-bond acceptors (Lipinski definition) is 7. The number of esters is 2. The van der Waals surface area contributed by atoms with Crippen LogP contribution >= 0.6 is 0 Å². The molecule has 0 amide bonds. The molecule has 0 aliphatic rings. The molecule has 0 saturated heterocycles. The molecule has 0 fully saturated rings. The Bertz CT molecular complexity index is 138. The number of carbonyl (C=O) groups excluding carboxylic acids is 2. The van der Waals surface area contributed by atoms with E-state index in [4.69, 9.17) is 15.1 Å². The molecule has 0 aliphatic carbocycles. The monoisotopic (exact) mass is 198 g/mol. The molecule has 15 heavy (non-hydrogen) atoms. The molecule has 0 aromatic rings. The van der Waals surface area contributed by atoms with E-state index < -0.39 is 19.3 Å². The van der Waals surface area contributed by atoms with E-state index in [9.17, 15) is 9.59 Å². The molecule has 0 bridgehead atoms. The second kappa shape index (κ2) is 20.1. The summed E-state index contributed by atoms with van der Waals surface area (Å²) in [5, 5.41) is 25.2. The van der Waals surface area contributed by atoms with Crippen molar-refractivity contribution >= 4 is 19.3 Å². The molecule has 0 aliphatic heterocycles. The summed E-state index contributed by atoms with van der Waals surface area (Å²) in [5.41, 5.74) is 0. The van der Waals surface area contributed by atoms with Crippen molar-refractivity contribution in [1.29, 1.82) is 0 Å². The number of methoxy groups -OCH3 is 2. The molecule has 0 saturated carbocycles. The maximum absolute atomic E-state index is 10.0. The summed E-state index contributed by atoms with van der Waals surface area (Å²) < 4.78 is 7.98. The second-order valence-electron chi connectivity index (χ2n) is 1.27. The van der Waals surface area contributed by atoms with Crippen molar-refractivity contribution in [2.24, 2.45) is 0 Å². The summed E-state index contributed by atoms with van der Waals surface area (Å²) in [4.78, 5) is 20.1. The third-order valence-corrected chi connectivity index (χ3v) is 0.537. The molecule has 0 aromatic carbocycles. The average molecular weight is 198 g/mol. The van der Waals surface area contributed by atoms with E-state index in [1.165, 1.54) is 0 Å². The predicted molar refractivity (Wildman–Crippen MR) is 29.8 cm³/mol. The fourth-order valence-electron chi connectivity index (χ4n) is 0.167. The number of hydrogen-bond donors (Lipinski definition) is 0. The predicted octanol–water partition coefficient (Wildman–Crippen LogP) is -13.6. The van der Waals surface area contributed by atoms with Gasteiger partial charge < -0.3 is 24.5 Å². The number of ether oxygens (including phenoxy) is 2. The van der Waals surface area contributed by atoms with Gasteiger partial charge in [0, 0.05) is 0 Å². The Balaban J connectivity index is -0.0000000424. The Labute approximate surface area is 124 Å². The minimum atomic E-state index is -2.92. The Hall–Kier alpha value is 0.677. The van der Waals surface area contributed by atoms with Gasteiger partial charge in [0.25, 0.3) is 0 Å². The third-order valence-electron chi connectivity index (χ3n) is 0.537. The minimum absolute atomic E-state index is 0.